The second kappa shape index (κ2) is 4.65. The largest absolute Gasteiger partial charge is 0.356 e. The number of halogens is 2. The number of fused-ring (bicyclic) bond motifs is 1. The highest BCUT2D eigenvalue weighted by Crippen LogP contribution is 2.28. The van der Waals surface area contributed by atoms with Gasteiger partial charge in [0.15, 0.2) is 6.23 Å². The van der Waals surface area contributed by atoms with Crippen molar-refractivity contribution in [1.29, 1.82) is 0 Å². The van der Waals surface area contributed by atoms with Crippen LogP contribution in [0.2, 0.25) is 0 Å². The van der Waals surface area contributed by atoms with Crippen LogP contribution in [0.3, 0.4) is 0 Å². The second-order valence-corrected chi connectivity index (χ2v) is 4.53. The van der Waals surface area contributed by atoms with Crippen molar-refractivity contribution in [1.82, 2.24) is 9.78 Å². The Kier molecular flexibility index (Phi) is 2.99. The molecule has 0 amide bonds. The zero-order valence-corrected chi connectivity index (χ0v) is 9.85. The predicted octanol–water partition coefficient (Wildman–Crippen LogP) is 3.67. The summed E-state index contributed by atoms with van der Waals surface area (Å²) in [7, 11) is 0. The molecule has 1 aliphatic heterocycles. The molecule has 3 rings (SSSR count). The minimum absolute atomic E-state index is 0.0339. The molecule has 1 unspecified atom stereocenters. The Hall–Kier alpha value is -1.49. The number of ether oxygens (including phenoxy) is 1. The summed E-state index contributed by atoms with van der Waals surface area (Å²) in [6.07, 6.45) is 2.23. The summed E-state index contributed by atoms with van der Waals surface area (Å²) in [5.41, 5.74) is 0.887. The van der Waals surface area contributed by atoms with Crippen molar-refractivity contribution in [2.45, 2.75) is 31.9 Å². The Labute approximate surface area is 103 Å². The van der Waals surface area contributed by atoms with Crippen molar-refractivity contribution in [3.05, 3.63) is 30.0 Å². The maximum absolute atomic E-state index is 12.6. The fraction of sp³-hybridized carbons (Fsp3) is 0.462. The molecular formula is C13H14F2N2O. The Bertz CT molecular complexity index is 547. The summed E-state index contributed by atoms with van der Waals surface area (Å²) in [4.78, 5) is 0. The van der Waals surface area contributed by atoms with Crippen LogP contribution in [-0.4, -0.2) is 16.4 Å². The molecule has 1 saturated heterocycles. The van der Waals surface area contributed by atoms with E-state index in [-0.39, 0.29) is 11.8 Å². The number of hydrogen-bond acceptors (Lipinski definition) is 2. The molecule has 1 aromatic carbocycles. The maximum atomic E-state index is 12.6. The number of nitrogens with zero attached hydrogens (tertiary/aromatic N) is 2. The van der Waals surface area contributed by atoms with Crippen LogP contribution in [0, 0.1) is 0 Å². The molecule has 3 nitrogen and oxygen atoms in total. The first-order valence-corrected chi connectivity index (χ1v) is 6.12. The number of rotatable bonds is 2. The summed E-state index contributed by atoms with van der Waals surface area (Å²) in [6.45, 7) is 0.737. The maximum Gasteiger partial charge on any atom is 0.263 e. The molecular weight excluding hydrogens is 238 g/mol. The monoisotopic (exact) mass is 252 g/mol. The highest BCUT2D eigenvalue weighted by atomic mass is 19.3. The lowest BCUT2D eigenvalue weighted by atomic mass is 10.1. The van der Waals surface area contributed by atoms with Crippen molar-refractivity contribution in [3.63, 3.8) is 0 Å². The highest BCUT2D eigenvalue weighted by Gasteiger charge is 2.19. The fourth-order valence-electron chi connectivity index (χ4n) is 2.35. The molecule has 96 valence electrons. The van der Waals surface area contributed by atoms with Crippen LogP contribution < -0.4 is 0 Å². The number of benzene rings is 1. The van der Waals surface area contributed by atoms with Gasteiger partial charge in [0.25, 0.3) is 6.43 Å². The van der Waals surface area contributed by atoms with Crippen molar-refractivity contribution in [2.75, 3.05) is 6.61 Å². The molecule has 0 saturated carbocycles. The van der Waals surface area contributed by atoms with Crippen molar-refractivity contribution < 1.29 is 13.5 Å². The lowest BCUT2D eigenvalue weighted by Crippen LogP contribution is -2.18. The normalized spacial score (nSPS) is 20.7. The zero-order chi connectivity index (χ0) is 12.5. The zero-order valence-electron chi connectivity index (χ0n) is 9.85. The van der Waals surface area contributed by atoms with Gasteiger partial charge >= 0.3 is 0 Å². The summed E-state index contributed by atoms with van der Waals surface area (Å²) in [6, 6.07) is 4.64. The van der Waals surface area contributed by atoms with E-state index in [1.807, 2.05) is 0 Å². The van der Waals surface area contributed by atoms with Gasteiger partial charge in [0.2, 0.25) is 0 Å². The predicted molar refractivity (Wildman–Crippen MR) is 63.5 cm³/mol. The molecule has 0 bridgehead atoms. The van der Waals surface area contributed by atoms with Gasteiger partial charge in [-0.2, -0.15) is 5.10 Å². The molecule has 2 aromatic rings. The first-order chi connectivity index (χ1) is 8.75. The Morgan fingerprint density at radius 1 is 1.33 bits per heavy atom. The highest BCUT2D eigenvalue weighted by molar-refractivity contribution is 5.79. The van der Waals surface area contributed by atoms with Gasteiger partial charge in [-0.3, -0.25) is 0 Å². The summed E-state index contributed by atoms with van der Waals surface area (Å²) >= 11 is 0. The third kappa shape index (κ3) is 1.99. The topological polar surface area (TPSA) is 27.1 Å². The summed E-state index contributed by atoms with van der Waals surface area (Å²) in [5.74, 6) is 0. The van der Waals surface area contributed by atoms with E-state index in [9.17, 15) is 8.78 Å². The number of hydrogen-bond donors (Lipinski definition) is 0. The molecule has 1 fully saturated rings. The molecule has 1 aliphatic rings. The number of aromatic nitrogens is 2. The smallest absolute Gasteiger partial charge is 0.263 e. The Balaban J connectivity index is 1.98. The van der Waals surface area contributed by atoms with Crippen molar-refractivity contribution in [2.24, 2.45) is 0 Å². The van der Waals surface area contributed by atoms with Crippen LogP contribution in [0.1, 0.15) is 37.5 Å². The molecule has 0 spiro atoms. The first-order valence-electron chi connectivity index (χ1n) is 6.12. The van der Waals surface area contributed by atoms with Gasteiger partial charge in [0.1, 0.15) is 0 Å². The van der Waals surface area contributed by atoms with E-state index in [0.717, 1.165) is 36.8 Å². The van der Waals surface area contributed by atoms with Gasteiger partial charge in [0, 0.05) is 17.6 Å². The van der Waals surface area contributed by atoms with Crippen LogP contribution in [0.4, 0.5) is 8.78 Å². The quantitative estimate of drug-likeness (QED) is 0.815. The van der Waals surface area contributed by atoms with E-state index in [2.05, 4.69) is 5.10 Å². The minimum Gasteiger partial charge on any atom is -0.356 e. The summed E-state index contributed by atoms with van der Waals surface area (Å²) in [5, 5.41) is 5.00. The van der Waals surface area contributed by atoms with E-state index < -0.39 is 6.43 Å². The minimum atomic E-state index is -2.44. The van der Waals surface area contributed by atoms with E-state index in [1.54, 1.807) is 16.9 Å². The molecule has 0 aliphatic carbocycles. The third-order valence-electron chi connectivity index (χ3n) is 3.30. The second-order valence-electron chi connectivity index (χ2n) is 4.53. The SMILES string of the molecule is FC(F)c1ccc2c(cnn2C2CCCCO2)c1. The van der Waals surface area contributed by atoms with Gasteiger partial charge in [-0.1, -0.05) is 6.07 Å². The van der Waals surface area contributed by atoms with Crippen LogP contribution >= 0.6 is 0 Å². The fourth-order valence-corrected chi connectivity index (χ4v) is 2.35. The molecule has 0 radical (unpaired) electrons. The Morgan fingerprint density at radius 3 is 2.94 bits per heavy atom. The average Bonchev–Trinajstić information content (AvgIpc) is 2.82. The van der Waals surface area contributed by atoms with Gasteiger partial charge in [-0.05, 0) is 31.4 Å². The van der Waals surface area contributed by atoms with E-state index in [0.29, 0.717) is 0 Å². The van der Waals surface area contributed by atoms with E-state index in [4.69, 9.17) is 4.74 Å². The molecule has 18 heavy (non-hydrogen) atoms. The molecule has 5 heteroatoms. The third-order valence-corrected chi connectivity index (χ3v) is 3.30. The standard InChI is InChI=1S/C13H14F2N2O/c14-13(15)9-4-5-11-10(7-9)8-16-17(11)12-3-1-2-6-18-12/h4-5,7-8,12-13H,1-3,6H2. The van der Waals surface area contributed by atoms with E-state index >= 15 is 0 Å². The first kappa shape index (κ1) is 11.6. The average molecular weight is 252 g/mol. The van der Waals surface area contributed by atoms with Crippen molar-refractivity contribution >= 4 is 10.9 Å². The van der Waals surface area contributed by atoms with Gasteiger partial charge in [-0.15, -0.1) is 0 Å². The number of alkyl halides is 2. The summed E-state index contributed by atoms with van der Waals surface area (Å²) < 4.78 is 32.7. The lowest BCUT2D eigenvalue weighted by molar-refractivity contribution is -0.0366. The molecule has 0 N–H and O–H groups in total. The Morgan fingerprint density at radius 2 is 2.22 bits per heavy atom. The van der Waals surface area contributed by atoms with Gasteiger partial charge < -0.3 is 4.74 Å². The van der Waals surface area contributed by atoms with E-state index in [1.165, 1.54) is 12.1 Å². The van der Waals surface area contributed by atoms with Crippen LogP contribution in [0.5, 0.6) is 0 Å². The van der Waals surface area contributed by atoms with Gasteiger partial charge in [0.05, 0.1) is 11.7 Å². The van der Waals surface area contributed by atoms with Crippen LogP contribution in [-0.2, 0) is 4.74 Å². The lowest BCUT2D eigenvalue weighted by Gasteiger charge is -2.23. The van der Waals surface area contributed by atoms with Crippen LogP contribution in [0.15, 0.2) is 24.4 Å². The van der Waals surface area contributed by atoms with Crippen LogP contribution in [0.25, 0.3) is 10.9 Å². The van der Waals surface area contributed by atoms with Crippen molar-refractivity contribution in [3.8, 4) is 0 Å². The molecule has 1 aromatic heterocycles. The van der Waals surface area contributed by atoms with Gasteiger partial charge in [-0.25, -0.2) is 13.5 Å². The molecule has 1 atom stereocenters. The molecule has 2 heterocycles.